The number of hydrogen-bond donors (Lipinski definition) is 2. The Morgan fingerprint density at radius 3 is 2.55 bits per heavy atom. The molecule has 1 rings (SSSR count). The summed E-state index contributed by atoms with van der Waals surface area (Å²) in [4.78, 5) is 10.6. The number of nitrogens with two attached hydrogens (primary N) is 1. The van der Waals surface area contributed by atoms with E-state index in [4.69, 9.17) is 5.73 Å². The number of carbonyl (C=O) groups is 1. The number of carbonyl (C=O) groups excluding carboxylic acids is 1. The van der Waals surface area contributed by atoms with Gasteiger partial charge in [-0.2, -0.15) is 0 Å². The molecule has 1 unspecified atom stereocenters. The smallest absolute Gasteiger partial charge is 0.147 e. The molecule has 1 aliphatic heterocycles. The molecule has 1 heterocycles. The van der Waals surface area contributed by atoms with Crippen LogP contribution in [0.5, 0.6) is 0 Å². The number of rotatable bonds is 1. The Morgan fingerprint density at radius 2 is 2.36 bits per heavy atom. The number of thioether (sulfide) groups is 1. The fourth-order valence-corrected chi connectivity index (χ4v) is 1.68. The number of ketones is 1. The van der Waals surface area contributed by atoms with E-state index in [1.807, 2.05) is 6.92 Å². The minimum Gasteiger partial charge on any atom is -0.331 e. The number of Topliss-reactive ketones (excluding diaryl/α,β-unsaturated/α-hetero) is 1. The zero-order valence-corrected chi connectivity index (χ0v) is 7.91. The minimum atomic E-state index is 0.139. The van der Waals surface area contributed by atoms with Crippen molar-refractivity contribution >= 4 is 17.5 Å². The van der Waals surface area contributed by atoms with Gasteiger partial charge in [-0.05, 0) is 13.5 Å². The zero-order valence-electron chi connectivity index (χ0n) is 7.09. The van der Waals surface area contributed by atoms with Gasteiger partial charge in [0.2, 0.25) is 0 Å². The molecule has 1 fully saturated rings. The van der Waals surface area contributed by atoms with Gasteiger partial charge in [-0.15, -0.1) is 11.8 Å². The monoisotopic (exact) mass is 176 g/mol. The quantitative estimate of drug-likeness (QED) is 0.599. The van der Waals surface area contributed by atoms with E-state index >= 15 is 0 Å². The summed E-state index contributed by atoms with van der Waals surface area (Å²) in [6.45, 7) is 4.28. The second-order valence-corrected chi connectivity index (χ2v) is 3.32. The normalized spacial score (nSPS) is 22.3. The first-order valence-corrected chi connectivity index (χ1v) is 4.89. The highest BCUT2D eigenvalue weighted by Crippen LogP contribution is 2.09. The molecule has 3 nitrogen and oxygen atoms in total. The van der Waals surface area contributed by atoms with Crippen LogP contribution in [0.25, 0.3) is 0 Å². The van der Waals surface area contributed by atoms with Gasteiger partial charge in [0.15, 0.2) is 0 Å². The van der Waals surface area contributed by atoms with E-state index in [0.717, 1.165) is 18.2 Å². The summed E-state index contributed by atoms with van der Waals surface area (Å²) in [5.41, 5.74) is 4.85. The summed E-state index contributed by atoms with van der Waals surface area (Å²) in [6.07, 6.45) is 0. The third-order valence-corrected chi connectivity index (χ3v) is 2.15. The van der Waals surface area contributed by atoms with Gasteiger partial charge >= 0.3 is 0 Å². The predicted molar refractivity (Wildman–Crippen MR) is 49.7 cm³/mol. The summed E-state index contributed by atoms with van der Waals surface area (Å²) < 4.78 is 0. The van der Waals surface area contributed by atoms with Crippen LogP contribution < -0.4 is 11.1 Å². The molecule has 4 heteroatoms. The molecule has 0 aromatic carbocycles. The van der Waals surface area contributed by atoms with E-state index in [9.17, 15) is 4.79 Å². The van der Waals surface area contributed by atoms with E-state index in [-0.39, 0.29) is 11.8 Å². The molecule has 0 spiro atoms. The maximum absolute atomic E-state index is 10.6. The Morgan fingerprint density at radius 1 is 1.82 bits per heavy atom. The number of hydrogen-bond acceptors (Lipinski definition) is 4. The van der Waals surface area contributed by atoms with Crippen molar-refractivity contribution in [3.8, 4) is 0 Å². The number of nitrogens with one attached hydrogen (secondary N) is 1. The summed E-state index contributed by atoms with van der Waals surface area (Å²) in [5.74, 6) is 2.15. The Hall–Kier alpha value is -0.0600. The summed E-state index contributed by atoms with van der Waals surface area (Å²) in [5, 5.41) is 3.07. The summed E-state index contributed by atoms with van der Waals surface area (Å²) in [7, 11) is 0. The van der Waals surface area contributed by atoms with Crippen molar-refractivity contribution in [3.63, 3.8) is 0 Å². The van der Waals surface area contributed by atoms with Crippen LogP contribution in [0.4, 0.5) is 0 Å². The highest BCUT2D eigenvalue weighted by molar-refractivity contribution is 7.99. The molecular weight excluding hydrogens is 160 g/mol. The molecule has 11 heavy (non-hydrogen) atoms. The standard InChI is InChI=1S/C5H9NOS.C2H7N/c1-4(7)5-2-8-3-6-5;1-2-3/h5-6H,2-3H2,1H3;2-3H2,1H3. The van der Waals surface area contributed by atoms with E-state index < -0.39 is 0 Å². The van der Waals surface area contributed by atoms with Crippen LogP contribution in [-0.2, 0) is 4.79 Å². The lowest BCUT2D eigenvalue weighted by molar-refractivity contribution is -0.118. The van der Waals surface area contributed by atoms with Crippen LogP contribution in [0.3, 0.4) is 0 Å². The molecule has 0 aromatic heterocycles. The van der Waals surface area contributed by atoms with Gasteiger partial charge in [-0.25, -0.2) is 0 Å². The molecule has 0 aliphatic carbocycles. The Bertz CT molecular complexity index is 113. The average molecular weight is 176 g/mol. The zero-order chi connectivity index (χ0) is 8.69. The third-order valence-electron chi connectivity index (χ3n) is 1.21. The Labute approximate surface area is 72.1 Å². The maximum Gasteiger partial charge on any atom is 0.147 e. The van der Waals surface area contributed by atoms with Gasteiger partial charge in [0, 0.05) is 11.6 Å². The molecule has 1 saturated heterocycles. The lowest BCUT2D eigenvalue weighted by Gasteiger charge is -2.00. The van der Waals surface area contributed by atoms with Crippen LogP contribution >= 0.6 is 11.8 Å². The van der Waals surface area contributed by atoms with Crippen molar-refractivity contribution < 1.29 is 4.79 Å². The van der Waals surface area contributed by atoms with Gasteiger partial charge in [-0.3, -0.25) is 10.1 Å². The highest BCUT2D eigenvalue weighted by Gasteiger charge is 2.17. The first-order chi connectivity index (χ1) is 5.22. The first kappa shape index (κ1) is 10.9. The van der Waals surface area contributed by atoms with Crippen molar-refractivity contribution in [1.82, 2.24) is 5.32 Å². The fourth-order valence-electron chi connectivity index (χ4n) is 0.656. The largest absolute Gasteiger partial charge is 0.331 e. The lowest BCUT2D eigenvalue weighted by atomic mass is 10.2. The Balaban J connectivity index is 0.000000292. The van der Waals surface area contributed by atoms with E-state index in [2.05, 4.69) is 5.32 Å². The fraction of sp³-hybridized carbons (Fsp3) is 0.857. The average Bonchev–Trinajstić information content (AvgIpc) is 2.38. The van der Waals surface area contributed by atoms with Gasteiger partial charge in [0.1, 0.15) is 5.78 Å². The van der Waals surface area contributed by atoms with E-state index in [0.29, 0.717) is 0 Å². The molecular formula is C7H16N2OS. The van der Waals surface area contributed by atoms with Crippen LogP contribution in [0.1, 0.15) is 13.8 Å². The molecule has 0 aromatic rings. The molecule has 66 valence electrons. The third kappa shape index (κ3) is 5.24. The minimum absolute atomic E-state index is 0.139. The second kappa shape index (κ2) is 6.64. The van der Waals surface area contributed by atoms with E-state index in [1.54, 1.807) is 18.7 Å². The molecule has 1 aliphatic rings. The van der Waals surface area contributed by atoms with Crippen molar-refractivity contribution in [3.05, 3.63) is 0 Å². The molecule has 0 radical (unpaired) electrons. The van der Waals surface area contributed by atoms with Gasteiger partial charge in [-0.1, -0.05) is 6.92 Å². The van der Waals surface area contributed by atoms with Crippen LogP contribution in [-0.4, -0.2) is 30.0 Å². The van der Waals surface area contributed by atoms with Gasteiger partial charge < -0.3 is 5.73 Å². The molecule has 1 atom stereocenters. The molecule has 0 saturated carbocycles. The topological polar surface area (TPSA) is 55.1 Å². The summed E-state index contributed by atoms with van der Waals surface area (Å²) in [6, 6.07) is 0.139. The lowest BCUT2D eigenvalue weighted by Crippen LogP contribution is -2.30. The SMILES string of the molecule is CC(=O)C1CSCN1.CCN. The maximum atomic E-state index is 10.6. The van der Waals surface area contributed by atoms with Crippen molar-refractivity contribution in [1.29, 1.82) is 0 Å². The van der Waals surface area contributed by atoms with Crippen molar-refractivity contribution in [2.45, 2.75) is 19.9 Å². The van der Waals surface area contributed by atoms with Gasteiger partial charge in [0.25, 0.3) is 0 Å². The van der Waals surface area contributed by atoms with Crippen molar-refractivity contribution in [2.24, 2.45) is 5.73 Å². The highest BCUT2D eigenvalue weighted by atomic mass is 32.2. The van der Waals surface area contributed by atoms with Crippen LogP contribution in [0.15, 0.2) is 0 Å². The van der Waals surface area contributed by atoms with Gasteiger partial charge in [0.05, 0.1) is 6.04 Å². The van der Waals surface area contributed by atoms with Crippen molar-refractivity contribution in [2.75, 3.05) is 18.2 Å². The molecule has 0 amide bonds. The molecule has 0 bridgehead atoms. The summed E-state index contributed by atoms with van der Waals surface area (Å²) >= 11 is 1.78. The van der Waals surface area contributed by atoms with Crippen LogP contribution in [0.2, 0.25) is 0 Å². The second-order valence-electron chi connectivity index (χ2n) is 2.29. The Kier molecular flexibility index (Phi) is 6.60. The van der Waals surface area contributed by atoms with E-state index in [1.165, 1.54) is 0 Å². The predicted octanol–water partition coefficient (Wildman–Crippen LogP) is 0.203. The van der Waals surface area contributed by atoms with Crippen LogP contribution in [0, 0.1) is 0 Å². The first-order valence-electron chi connectivity index (χ1n) is 3.74. The molecule has 3 N–H and O–H groups in total.